The van der Waals surface area contributed by atoms with Crippen LogP contribution in [0.25, 0.3) is 0 Å². The minimum absolute atomic E-state index is 0.111. The van der Waals surface area contributed by atoms with Crippen LogP contribution in [-0.2, 0) is 4.79 Å². The van der Waals surface area contributed by atoms with E-state index < -0.39 is 0 Å². The number of aromatic nitrogens is 2. The van der Waals surface area contributed by atoms with Crippen LogP contribution in [-0.4, -0.2) is 35.0 Å². The van der Waals surface area contributed by atoms with Gasteiger partial charge in [0.2, 0.25) is 11.0 Å². The van der Waals surface area contributed by atoms with Gasteiger partial charge in [0, 0.05) is 6.54 Å². The van der Waals surface area contributed by atoms with Crippen LogP contribution in [0.5, 0.6) is 5.75 Å². The second kappa shape index (κ2) is 8.70. The van der Waals surface area contributed by atoms with Crippen molar-refractivity contribution in [3.8, 4) is 5.75 Å². The van der Waals surface area contributed by atoms with Crippen LogP contribution in [0.1, 0.15) is 12.5 Å². The highest BCUT2D eigenvalue weighted by Gasteiger charge is 2.18. The molecule has 0 aliphatic rings. The summed E-state index contributed by atoms with van der Waals surface area (Å²) in [6.07, 6.45) is 1.75. The summed E-state index contributed by atoms with van der Waals surface area (Å²) in [5.74, 6) is 0.526. The van der Waals surface area contributed by atoms with E-state index in [2.05, 4.69) is 27.4 Å². The molecule has 8 heteroatoms. The van der Waals surface area contributed by atoms with Gasteiger partial charge in [-0.3, -0.25) is 4.79 Å². The first-order chi connectivity index (χ1) is 11.5. The van der Waals surface area contributed by atoms with Crippen LogP contribution in [0.4, 0.5) is 10.8 Å². The number of amides is 1. The average Bonchev–Trinajstić information content (AvgIpc) is 3.00. The topological polar surface area (TPSA) is 76.1 Å². The molecule has 2 aromatic rings. The molecule has 1 aromatic heterocycles. The standard InChI is InChI=1S/C16H20N4O2S2/c1-5-8-17-15-19-20-16(24-15)23-11(3)14(21)18-12-9-10(2)6-7-13(12)22-4/h5-7,9,11H,1,8H2,2-4H3,(H,17,19)(H,18,21). The fourth-order valence-electron chi connectivity index (χ4n) is 1.85. The van der Waals surface area contributed by atoms with Gasteiger partial charge < -0.3 is 15.4 Å². The molecule has 0 saturated carbocycles. The van der Waals surface area contributed by atoms with Gasteiger partial charge >= 0.3 is 0 Å². The first-order valence-corrected chi connectivity index (χ1v) is 9.03. The lowest BCUT2D eigenvalue weighted by molar-refractivity contribution is -0.115. The van der Waals surface area contributed by atoms with Crippen LogP contribution >= 0.6 is 23.1 Å². The largest absolute Gasteiger partial charge is 0.495 e. The molecule has 0 saturated heterocycles. The molecule has 128 valence electrons. The molecule has 24 heavy (non-hydrogen) atoms. The summed E-state index contributed by atoms with van der Waals surface area (Å²) in [6, 6.07) is 5.66. The van der Waals surface area contributed by atoms with Crippen molar-refractivity contribution in [3.05, 3.63) is 36.4 Å². The van der Waals surface area contributed by atoms with E-state index in [4.69, 9.17) is 4.74 Å². The molecule has 1 amide bonds. The van der Waals surface area contributed by atoms with Gasteiger partial charge in [0.05, 0.1) is 18.0 Å². The number of aryl methyl sites for hydroxylation is 1. The van der Waals surface area contributed by atoms with E-state index in [0.29, 0.717) is 23.1 Å². The maximum atomic E-state index is 12.4. The normalized spacial score (nSPS) is 11.6. The number of rotatable bonds is 8. The van der Waals surface area contributed by atoms with Gasteiger partial charge in [-0.05, 0) is 31.5 Å². The first-order valence-electron chi connectivity index (χ1n) is 7.34. The highest BCUT2D eigenvalue weighted by Crippen LogP contribution is 2.31. The number of thioether (sulfide) groups is 1. The molecule has 0 spiro atoms. The van der Waals surface area contributed by atoms with Crippen molar-refractivity contribution >= 4 is 39.8 Å². The van der Waals surface area contributed by atoms with Crippen molar-refractivity contribution < 1.29 is 9.53 Å². The minimum atomic E-state index is -0.310. The van der Waals surface area contributed by atoms with E-state index in [1.165, 1.54) is 23.1 Å². The van der Waals surface area contributed by atoms with Gasteiger partial charge in [-0.2, -0.15) is 0 Å². The van der Waals surface area contributed by atoms with Crippen molar-refractivity contribution in [1.29, 1.82) is 0 Å². The lowest BCUT2D eigenvalue weighted by Crippen LogP contribution is -2.22. The SMILES string of the molecule is C=CCNc1nnc(SC(C)C(=O)Nc2cc(C)ccc2OC)s1. The molecule has 1 heterocycles. The predicted molar refractivity (Wildman–Crippen MR) is 100 cm³/mol. The summed E-state index contributed by atoms with van der Waals surface area (Å²) < 4.78 is 6.02. The Morgan fingerprint density at radius 1 is 1.50 bits per heavy atom. The van der Waals surface area contributed by atoms with Gasteiger partial charge in [0.25, 0.3) is 0 Å². The van der Waals surface area contributed by atoms with Gasteiger partial charge in [0.15, 0.2) is 4.34 Å². The van der Waals surface area contributed by atoms with Crippen molar-refractivity contribution in [2.75, 3.05) is 24.3 Å². The molecular formula is C16H20N4O2S2. The molecule has 1 atom stereocenters. The zero-order valence-electron chi connectivity index (χ0n) is 13.8. The Morgan fingerprint density at radius 3 is 3.00 bits per heavy atom. The molecule has 0 aliphatic carbocycles. The van der Waals surface area contributed by atoms with Crippen LogP contribution < -0.4 is 15.4 Å². The fourth-order valence-corrected chi connectivity index (χ4v) is 3.75. The van der Waals surface area contributed by atoms with Crippen LogP contribution in [0.3, 0.4) is 0 Å². The van der Waals surface area contributed by atoms with Crippen LogP contribution in [0.2, 0.25) is 0 Å². The van der Waals surface area contributed by atoms with E-state index in [1.54, 1.807) is 13.2 Å². The highest BCUT2D eigenvalue weighted by atomic mass is 32.2. The Balaban J connectivity index is 1.98. The van der Waals surface area contributed by atoms with Crippen molar-refractivity contribution in [1.82, 2.24) is 10.2 Å². The molecule has 0 aliphatic heterocycles. The number of hydrogen-bond donors (Lipinski definition) is 2. The van der Waals surface area contributed by atoms with E-state index in [9.17, 15) is 4.79 Å². The number of nitrogens with zero attached hydrogens (tertiary/aromatic N) is 2. The maximum absolute atomic E-state index is 12.4. The first kappa shape index (κ1) is 18.3. The molecule has 6 nitrogen and oxygen atoms in total. The summed E-state index contributed by atoms with van der Waals surface area (Å²) in [5, 5.41) is 14.5. The van der Waals surface area contributed by atoms with Gasteiger partial charge in [-0.15, -0.1) is 16.8 Å². The summed E-state index contributed by atoms with van der Waals surface area (Å²) in [7, 11) is 1.58. The van der Waals surface area contributed by atoms with Gasteiger partial charge in [-0.25, -0.2) is 0 Å². The summed E-state index contributed by atoms with van der Waals surface area (Å²) >= 11 is 2.78. The lowest BCUT2D eigenvalue weighted by atomic mass is 10.2. The second-order valence-electron chi connectivity index (χ2n) is 5.00. The number of benzene rings is 1. The lowest BCUT2D eigenvalue weighted by Gasteiger charge is -2.13. The van der Waals surface area contributed by atoms with Crippen molar-refractivity contribution in [2.45, 2.75) is 23.4 Å². The number of ether oxygens (including phenoxy) is 1. The zero-order valence-corrected chi connectivity index (χ0v) is 15.5. The van der Waals surface area contributed by atoms with E-state index in [1.807, 2.05) is 32.0 Å². The Kier molecular flexibility index (Phi) is 6.62. The highest BCUT2D eigenvalue weighted by molar-refractivity contribution is 8.02. The van der Waals surface area contributed by atoms with Crippen LogP contribution in [0.15, 0.2) is 35.2 Å². The predicted octanol–water partition coefficient (Wildman–Crippen LogP) is 3.57. The summed E-state index contributed by atoms with van der Waals surface area (Å²) in [5.41, 5.74) is 1.72. The van der Waals surface area contributed by atoms with Crippen molar-refractivity contribution in [3.63, 3.8) is 0 Å². The number of anilines is 2. The second-order valence-corrected chi connectivity index (χ2v) is 7.56. The third-order valence-corrected chi connectivity index (χ3v) is 5.13. The number of carbonyl (C=O) groups excluding carboxylic acids is 1. The molecule has 1 aromatic carbocycles. The molecule has 0 bridgehead atoms. The number of methoxy groups -OCH3 is 1. The number of hydrogen-bond acceptors (Lipinski definition) is 7. The quantitative estimate of drug-likeness (QED) is 0.551. The van der Waals surface area contributed by atoms with Crippen LogP contribution in [0, 0.1) is 6.92 Å². The van der Waals surface area contributed by atoms with E-state index >= 15 is 0 Å². The van der Waals surface area contributed by atoms with Gasteiger partial charge in [-0.1, -0.05) is 35.2 Å². The average molecular weight is 364 g/mol. The maximum Gasteiger partial charge on any atom is 0.237 e. The molecule has 0 fully saturated rings. The smallest absolute Gasteiger partial charge is 0.237 e. The third kappa shape index (κ3) is 4.97. The monoisotopic (exact) mass is 364 g/mol. The molecular weight excluding hydrogens is 344 g/mol. The number of carbonyl (C=O) groups is 1. The minimum Gasteiger partial charge on any atom is -0.495 e. The molecule has 2 N–H and O–H groups in total. The third-order valence-electron chi connectivity index (χ3n) is 3.06. The van der Waals surface area contributed by atoms with E-state index in [0.717, 1.165) is 9.90 Å². The summed E-state index contributed by atoms with van der Waals surface area (Å²) in [6.45, 7) is 8.07. The molecule has 2 rings (SSSR count). The number of nitrogens with one attached hydrogen (secondary N) is 2. The Morgan fingerprint density at radius 2 is 2.29 bits per heavy atom. The fraction of sp³-hybridized carbons (Fsp3) is 0.312. The van der Waals surface area contributed by atoms with Gasteiger partial charge in [0.1, 0.15) is 5.75 Å². The summed E-state index contributed by atoms with van der Waals surface area (Å²) in [4.78, 5) is 12.4. The van der Waals surface area contributed by atoms with Crippen molar-refractivity contribution in [2.24, 2.45) is 0 Å². The molecule has 1 unspecified atom stereocenters. The van der Waals surface area contributed by atoms with E-state index in [-0.39, 0.29) is 11.2 Å². The molecule has 0 radical (unpaired) electrons. The zero-order chi connectivity index (χ0) is 17.5. The Bertz CT molecular complexity index is 718. The Labute approximate surface area is 149 Å². The Hall–Kier alpha value is -2.06.